The van der Waals surface area contributed by atoms with Crippen LogP contribution in [0.15, 0.2) is 53.5 Å². The maximum Gasteiger partial charge on any atom is 0.255 e. The second kappa shape index (κ2) is 6.21. The van der Waals surface area contributed by atoms with Crippen LogP contribution in [0.25, 0.3) is 16.7 Å². The minimum Gasteiger partial charge on any atom is -0.443 e. The fraction of sp³-hybridized carbons (Fsp3) is 0.250. The lowest BCUT2D eigenvalue weighted by atomic mass is 10.2. The van der Waals surface area contributed by atoms with Crippen LogP contribution in [0.1, 0.15) is 34.9 Å². The summed E-state index contributed by atoms with van der Waals surface area (Å²) in [5.74, 6) is -0.191. The summed E-state index contributed by atoms with van der Waals surface area (Å²) < 4.78 is 7.24. The number of hydrogen-bond donors (Lipinski definition) is 1. The van der Waals surface area contributed by atoms with E-state index in [4.69, 9.17) is 9.40 Å². The van der Waals surface area contributed by atoms with Gasteiger partial charge in [-0.2, -0.15) is 0 Å². The number of rotatable bonds is 3. The maximum absolute atomic E-state index is 12.6. The normalized spacial score (nSPS) is 17.7. The van der Waals surface area contributed by atoms with Crippen LogP contribution in [-0.4, -0.2) is 38.8 Å². The van der Waals surface area contributed by atoms with E-state index in [1.807, 2.05) is 22.7 Å². The minimum absolute atomic E-state index is 0.191. The number of pyridine rings is 1. The van der Waals surface area contributed by atoms with Gasteiger partial charge in [0.15, 0.2) is 12.0 Å². The van der Waals surface area contributed by atoms with E-state index in [2.05, 4.69) is 28.4 Å². The Hall–Kier alpha value is -3.19. The van der Waals surface area contributed by atoms with E-state index in [1.54, 1.807) is 18.2 Å². The Morgan fingerprint density at radius 3 is 3.04 bits per heavy atom. The summed E-state index contributed by atoms with van der Waals surface area (Å²) in [7, 11) is 2.14. The monoisotopic (exact) mass is 361 g/mol. The van der Waals surface area contributed by atoms with Crippen molar-refractivity contribution in [2.75, 3.05) is 18.9 Å². The average molecular weight is 361 g/mol. The van der Waals surface area contributed by atoms with Crippen molar-refractivity contribution >= 4 is 28.3 Å². The summed E-state index contributed by atoms with van der Waals surface area (Å²) in [6.45, 7) is 1.11. The Morgan fingerprint density at radius 2 is 2.19 bits per heavy atom. The van der Waals surface area contributed by atoms with Gasteiger partial charge in [0.2, 0.25) is 0 Å². The Balaban J connectivity index is 1.40. The van der Waals surface area contributed by atoms with Crippen LogP contribution in [0.3, 0.4) is 0 Å². The molecule has 1 amide bonds. The van der Waals surface area contributed by atoms with Crippen molar-refractivity contribution in [2.45, 2.75) is 18.9 Å². The summed E-state index contributed by atoms with van der Waals surface area (Å²) >= 11 is 0. The lowest BCUT2D eigenvalue weighted by Crippen LogP contribution is -2.17. The van der Waals surface area contributed by atoms with E-state index < -0.39 is 0 Å². The maximum atomic E-state index is 12.6. The van der Waals surface area contributed by atoms with Crippen molar-refractivity contribution < 1.29 is 9.21 Å². The molecule has 0 bridgehead atoms. The fourth-order valence-electron chi connectivity index (χ4n) is 3.73. The van der Waals surface area contributed by atoms with Gasteiger partial charge in [0, 0.05) is 18.0 Å². The molecule has 1 aliphatic heterocycles. The van der Waals surface area contributed by atoms with E-state index >= 15 is 0 Å². The number of hydrogen-bond acceptors (Lipinski definition) is 5. The van der Waals surface area contributed by atoms with Crippen LogP contribution in [0, 0.1) is 0 Å². The van der Waals surface area contributed by atoms with Crippen molar-refractivity contribution in [3.63, 3.8) is 0 Å². The quantitative estimate of drug-likeness (QED) is 0.604. The van der Waals surface area contributed by atoms with Gasteiger partial charge in [0.05, 0.1) is 17.4 Å². The Labute approximate surface area is 155 Å². The van der Waals surface area contributed by atoms with Crippen molar-refractivity contribution in [1.29, 1.82) is 0 Å². The van der Waals surface area contributed by atoms with Crippen molar-refractivity contribution in [3.8, 4) is 0 Å². The predicted octanol–water partition coefficient (Wildman–Crippen LogP) is 3.49. The molecule has 1 atom stereocenters. The van der Waals surface area contributed by atoms with Gasteiger partial charge in [0.25, 0.3) is 5.91 Å². The molecule has 1 N–H and O–H groups in total. The minimum atomic E-state index is -0.191. The zero-order valence-corrected chi connectivity index (χ0v) is 14.9. The summed E-state index contributed by atoms with van der Waals surface area (Å²) in [6, 6.07) is 9.38. The molecule has 4 aromatic rings. The highest BCUT2D eigenvalue weighted by atomic mass is 16.3. The largest absolute Gasteiger partial charge is 0.443 e. The summed E-state index contributed by atoms with van der Waals surface area (Å²) in [4.78, 5) is 23.7. The molecule has 4 heterocycles. The summed E-state index contributed by atoms with van der Waals surface area (Å²) in [5, 5.41) is 2.93. The standard InChI is InChI=1S/C20H19N5O2/c1-24-8-2-3-17(24)16-11-25-10-14(5-7-19(25)23-16)22-20(26)13-4-6-15-18(9-13)27-12-21-15/h4-7,9-12,17H,2-3,8H2,1H3,(H,22,26). The number of carbonyl (C=O) groups is 1. The number of imidazole rings is 1. The van der Waals surface area contributed by atoms with Gasteiger partial charge in [-0.15, -0.1) is 0 Å². The highest BCUT2D eigenvalue weighted by Gasteiger charge is 2.24. The van der Waals surface area contributed by atoms with Crippen LogP contribution in [0.2, 0.25) is 0 Å². The van der Waals surface area contributed by atoms with Gasteiger partial charge in [-0.25, -0.2) is 9.97 Å². The number of benzene rings is 1. The lowest BCUT2D eigenvalue weighted by Gasteiger charge is -2.16. The van der Waals surface area contributed by atoms with E-state index in [-0.39, 0.29) is 5.91 Å². The van der Waals surface area contributed by atoms with Crippen LogP contribution < -0.4 is 5.32 Å². The number of oxazole rings is 1. The number of carbonyl (C=O) groups excluding carboxylic acids is 1. The van der Waals surface area contributed by atoms with Gasteiger partial charge in [-0.1, -0.05) is 0 Å². The molecule has 1 aromatic carbocycles. The molecule has 0 radical (unpaired) electrons. The average Bonchev–Trinajstić information content (AvgIpc) is 3.39. The molecule has 136 valence electrons. The van der Waals surface area contributed by atoms with E-state index in [1.165, 1.54) is 12.8 Å². The Kier molecular flexibility index (Phi) is 3.68. The molecule has 7 nitrogen and oxygen atoms in total. The smallest absolute Gasteiger partial charge is 0.255 e. The van der Waals surface area contributed by atoms with Crippen LogP contribution in [0.4, 0.5) is 5.69 Å². The molecule has 27 heavy (non-hydrogen) atoms. The number of amides is 1. The molecular weight excluding hydrogens is 342 g/mol. The van der Waals surface area contributed by atoms with E-state index in [9.17, 15) is 4.79 Å². The number of aromatic nitrogens is 3. The van der Waals surface area contributed by atoms with Crippen molar-refractivity contribution in [2.24, 2.45) is 0 Å². The van der Waals surface area contributed by atoms with E-state index in [0.29, 0.717) is 22.9 Å². The molecule has 1 fully saturated rings. The topological polar surface area (TPSA) is 75.7 Å². The molecular formula is C20H19N5O2. The highest BCUT2D eigenvalue weighted by molar-refractivity contribution is 6.05. The zero-order valence-electron chi connectivity index (χ0n) is 14.9. The number of nitrogens with one attached hydrogen (secondary N) is 1. The third-order valence-electron chi connectivity index (χ3n) is 5.18. The molecule has 0 spiro atoms. The van der Waals surface area contributed by atoms with Gasteiger partial charge < -0.3 is 14.1 Å². The molecule has 3 aromatic heterocycles. The first kappa shape index (κ1) is 16.0. The third-order valence-corrected chi connectivity index (χ3v) is 5.18. The first-order valence-corrected chi connectivity index (χ1v) is 9.01. The van der Waals surface area contributed by atoms with Crippen LogP contribution in [0.5, 0.6) is 0 Å². The Morgan fingerprint density at radius 1 is 1.26 bits per heavy atom. The van der Waals surface area contributed by atoms with Crippen molar-refractivity contribution in [3.05, 3.63) is 60.4 Å². The molecule has 1 saturated heterocycles. The molecule has 0 aliphatic carbocycles. The molecule has 1 unspecified atom stereocenters. The van der Waals surface area contributed by atoms with Gasteiger partial charge in [0.1, 0.15) is 11.2 Å². The van der Waals surface area contributed by atoms with Gasteiger partial charge >= 0.3 is 0 Å². The van der Waals surface area contributed by atoms with E-state index in [0.717, 1.165) is 29.8 Å². The molecule has 0 saturated carbocycles. The highest BCUT2D eigenvalue weighted by Crippen LogP contribution is 2.30. The first-order chi connectivity index (χ1) is 13.2. The van der Waals surface area contributed by atoms with Crippen LogP contribution in [-0.2, 0) is 0 Å². The molecule has 5 rings (SSSR count). The summed E-state index contributed by atoms with van der Waals surface area (Å²) in [6.07, 6.45) is 7.66. The Bertz CT molecular complexity index is 1150. The van der Waals surface area contributed by atoms with Crippen LogP contribution >= 0.6 is 0 Å². The SMILES string of the molecule is CN1CCCC1c1cn2cc(NC(=O)c3ccc4ncoc4c3)ccc2n1. The lowest BCUT2D eigenvalue weighted by molar-refractivity contribution is 0.102. The zero-order chi connectivity index (χ0) is 18.4. The first-order valence-electron chi connectivity index (χ1n) is 9.01. The number of nitrogens with zero attached hydrogens (tertiary/aromatic N) is 4. The summed E-state index contributed by atoms with van der Waals surface area (Å²) in [5.41, 5.74) is 4.53. The second-order valence-electron chi connectivity index (χ2n) is 6.98. The van der Waals surface area contributed by atoms with Gasteiger partial charge in [-0.05, 0) is 56.8 Å². The molecule has 7 heteroatoms. The third kappa shape index (κ3) is 2.86. The number of anilines is 1. The fourth-order valence-corrected chi connectivity index (χ4v) is 3.73. The van der Waals surface area contributed by atoms with Crippen molar-refractivity contribution in [1.82, 2.24) is 19.3 Å². The second-order valence-corrected chi connectivity index (χ2v) is 6.98. The predicted molar refractivity (Wildman–Crippen MR) is 102 cm³/mol. The molecule has 1 aliphatic rings. The number of fused-ring (bicyclic) bond motifs is 2. The number of likely N-dealkylation sites (tertiary alicyclic amines) is 1. The van der Waals surface area contributed by atoms with Gasteiger partial charge in [-0.3, -0.25) is 9.69 Å².